The fourth-order valence-corrected chi connectivity index (χ4v) is 14.4. The smallest absolute Gasteiger partial charge is 0.170 e. The Balaban J connectivity index is 1.03. The van der Waals surface area contributed by atoms with E-state index in [1.54, 1.807) is 7.11 Å². The number of nitrogens with one attached hydrogen (secondary N) is 1. The van der Waals surface area contributed by atoms with Gasteiger partial charge in [-0.2, -0.15) is 0 Å². The minimum atomic E-state index is -1.01. The fraction of sp³-hybridized carbons (Fsp3) is 1.00. The van der Waals surface area contributed by atoms with Crippen molar-refractivity contribution in [2.24, 2.45) is 50.7 Å². The van der Waals surface area contributed by atoms with E-state index in [-0.39, 0.29) is 40.8 Å². The molecule has 8 rings (SSSR count). The van der Waals surface area contributed by atoms with Crippen LogP contribution in [0.25, 0.3) is 0 Å². The molecule has 0 aromatic heterocycles. The molecule has 0 radical (unpaired) electrons. The van der Waals surface area contributed by atoms with E-state index in [1.807, 2.05) is 13.8 Å². The molecule has 46 heavy (non-hydrogen) atoms. The molecule has 8 fully saturated rings. The number of ether oxygens (including phenoxy) is 4. The Hall–Kier alpha value is -0.320. The molecule has 8 aliphatic rings. The minimum absolute atomic E-state index is 0.0291. The summed E-state index contributed by atoms with van der Waals surface area (Å²) in [6.45, 7) is 20.8. The van der Waals surface area contributed by atoms with Crippen LogP contribution in [0.4, 0.5) is 0 Å². The summed E-state index contributed by atoms with van der Waals surface area (Å²) in [5.41, 5.74) is -0.390. The molecule has 3 saturated heterocycles. The minimum Gasteiger partial charge on any atom is -0.390 e. The van der Waals surface area contributed by atoms with E-state index in [0.29, 0.717) is 40.5 Å². The summed E-state index contributed by atoms with van der Waals surface area (Å²) in [6, 6.07) is 0.634. The highest BCUT2D eigenvalue weighted by atomic mass is 16.7. The summed E-state index contributed by atoms with van der Waals surface area (Å²) in [6.07, 6.45) is 8.16. The highest BCUT2D eigenvalue weighted by Crippen LogP contribution is 2.89. The summed E-state index contributed by atoms with van der Waals surface area (Å²) in [4.78, 5) is 2.57. The second kappa shape index (κ2) is 10.6. The van der Waals surface area contributed by atoms with Crippen LogP contribution >= 0.6 is 0 Å². The summed E-state index contributed by atoms with van der Waals surface area (Å²) < 4.78 is 25.9. The lowest BCUT2D eigenvalue weighted by Crippen LogP contribution is -2.62. The molecule has 0 aromatic rings. The van der Waals surface area contributed by atoms with Crippen molar-refractivity contribution < 1.29 is 29.2 Å². The average molecular weight is 645 g/mol. The molecule has 3 N–H and O–H groups in total. The van der Waals surface area contributed by atoms with Gasteiger partial charge in [-0.15, -0.1) is 0 Å². The number of methoxy groups -OCH3 is 1. The van der Waals surface area contributed by atoms with Crippen molar-refractivity contribution in [2.45, 2.75) is 148 Å². The second-order valence-corrected chi connectivity index (χ2v) is 19.1. The van der Waals surface area contributed by atoms with Gasteiger partial charge in [0.05, 0.1) is 36.6 Å². The van der Waals surface area contributed by atoms with Crippen LogP contribution in [0, 0.1) is 50.7 Å². The van der Waals surface area contributed by atoms with Crippen molar-refractivity contribution in [2.75, 3.05) is 39.9 Å². The van der Waals surface area contributed by atoms with Gasteiger partial charge in [-0.1, -0.05) is 34.6 Å². The number of hydrogen-bond acceptors (Lipinski definition) is 8. The molecule has 5 aliphatic carbocycles. The largest absolute Gasteiger partial charge is 0.390 e. The summed E-state index contributed by atoms with van der Waals surface area (Å²) in [5.74, 6) is 1.87. The third kappa shape index (κ3) is 4.20. The molecule has 8 heteroatoms. The number of aliphatic hydroxyl groups excluding tert-OH is 1. The zero-order chi connectivity index (χ0) is 32.7. The van der Waals surface area contributed by atoms with Crippen LogP contribution in [0.3, 0.4) is 0 Å². The maximum atomic E-state index is 12.5. The first-order chi connectivity index (χ1) is 21.6. The predicted octanol–water partition coefficient (Wildman–Crippen LogP) is 4.60. The van der Waals surface area contributed by atoms with Crippen LogP contribution in [0.1, 0.15) is 99.8 Å². The Morgan fingerprint density at radius 2 is 1.72 bits per heavy atom. The van der Waals surface area contributed by atoms with Crippen LogP contribution in [0.2, 0.25) is 0 Å². The molecule has 3 heterocycles. The van der Waals surface area contributed by atoms with Crippen molar-refractivity contribution >= 4 is 0 Å². The van der Waals surface area contributed by atoms with Gasteiger partial charge in [-0.3, -0.25) is 4.90 Å². The van der Waals surface area contributed by atoms with Gasteiger partial charge in [0.25, 0.3) is 0 Å². The van der Waals surface area contributed by atoms with Crippen LogP contribution in [0.15, 0.2) is 0 Å². The molecule has 0 bridgehead atoms. The Kier molecular flexibility index (Phi) is 7.57. The van der Waals surface area contributed by atoms with Crippen LogP contribution in [-0.4, -0.2) is 103 Å². The van der Waals surface area contributed by atoms with E-state index in [9.17, 15) is 10.2 Å². The van der Waals surface area contributed by atoms with Crippen LogP contribution < -0.4 is 5.32 Å². The van der Waals surface area contributed by atoms with E-state index in [4.69, 9.17) is 18.9 Å². The Labute approximate surface area is 278 Å². The van der Waals surface area contributed by atoms with Gasteiger partial charge >= 0.3 is 0 Å². The first kappa shape index (κ1) is 32.9. The molecule has 0 aromatic carbocycles. The molecule has 3 aliphatic heterocycles. The maximum absolute atomic E-state index is 12.5. The van der Waals surface area contributed by atoms with Gasteiger partial charge in [0.15, 0.2) is 6.29 Å². The first-order valence-electron chi connectivity index (χ1n) is 18.9. The van der Waals surface area contributed by atoms with E-state index >= 15 is 0 Å². The molecule has 0 amide bonds. The molecular formula is C38H64N2O6. The molecule has 5 saturated carbocycles. The van der Waals surface area contributed by atoms with Crippen molar-refractivity contribution in [3.8, 4) is 0 Å². The average Bonchev–Trinajstić information content (AvgIpc) is 3.58. The molecule has 14 atom stereocenters. The number of nitrogens with zero attached hydrogens (tertiary/aromatic N) is 1. The Morgan fingerprint density at radius 3 is 2.39 bits per heavy atom. The zero-order valence-electron chi connectivity index (χ0n) is 30.0. The lowest BCUT2D eigenvalue weighted by atomic mass is 9.41. The van der Waals surface area contributed by atoms with Gasteiger partial charge in [-0.05, 0) is 111 Å². The number of rotatable bonds is 6. The third-order valence-corrected chi connectivity index (χ3v) is 16.7. The standard InChI is InChI=1S/C38H64N2O6/c1-22-17-24(32(43-8)34(4,5)42)45-30-29(22)35(6)13-14-38-21-37(38)12-11-27(46-28-20-40(15-16-44-28)23-18-39-19-23)33(2,3)25(37)9-10-26(38)36(35,7)31(30)41/h22-32,39,41-42H,9-21H2,1-8H3/t22-,24-,25+,26+,27+,28+,29+,30+,31+,32+,35-,36-,37?,38?/m1/s1. The van der Waals surface area contributed by atoms with E-state index in [1.165, 1.54) is 38.5 Å². The zero-order valence-corrected chi connectivity index (χ0v) is 30.0. The SMILES string of the molecule is CO[C@@H]([C@H]1C[C@@H](C)[C@H]2[C@H](O1)[C@H](O)[C@@]1(C)[C@@H]3CC[C@H]4C(C)(C)[C@@H](O[C@H]5CN(C6CNC6)CCO5)CCC45CC35CC[C@]21C)C(C)(C)O. The van der Waals surface area contributed by atoms with Crippen molar-refractivity contribution in [1.29, 1.82) is 0 Å². The highest BCUT2D eigenvalue weighted by molar-refractivity contribution is 5.33. The fourth-order valence-electron chi connectivity index (χ4n) is 14.4. The first-order valence-corrected chi connectivity index (χ1v) is 18.9. The monoisotopic (exact) mass is 644 g/mol. The normalized spacial score (nSPS) is 54.0. The topological polar surface area (TPSA) is 92.7 Å². The summed E-state index contributed by atoms with van der Waals surface area (Å²) >= 11 is 0. The molecule has 2 spiro atoms. The lowest BCUT2D eigenvalue weighted by Gasteiger charge is -2.64. The van der Waals surface area contributed by atoms with Gasteiger partial charge in [0, 0.05) is 44.7 Å². The van der Waals surface area contributed by atoms with Gasteiger partial charge in [0.2, 0.25) is 0 Å². The van der Waals surface area contributed by atoms with E-state index in [2.05, 4.69) is 44.8 Å². The van der Waals surface area contributed by atoms with Crippen LogP contribution in [0.5, 0.6) is 0 Å². The molecule has 8 nitrogen and oxygen atoms in total. The van der Waals surface area contributed by atoms with Crippen molar-refractivity contribution in [3.05, 3.63) is 0 Å². The summed E-state index contributed by atoms with van der Waals surface area (Å²) in [5, 5.41) is 26.9. The van der Waals surface area contributed by atoms with E-state index < -0.39 is 17.8 Å². The van der Waals surface area contributed by atoms with Gasteiger partial charge in [-0.25, -0.2) is 0 Å². The molecule has 2 unspecified atom stereocenters. The number of hydrogen-bond donors (Lipinski definition) is 3. The number of aliphatic hydroxyl groups is 2. The van der Waals surface area contributed by atoms with Crippen LogP contribution in [-0.2, 0) is 18.9 Å². The van der Waals surface area contributed by atoms with Crippen molar-refractivity contribution in [1.82, 2.24) is 10.2 Å². The highest BCUT2D eigenvalue weighted by Gasteiger charge is 2.84. The lowest BCUT2D eigenvalue weighted by molar-refractivity contribution is -0.251. The predicted molar refractivity (Wildman–Crippen MR) is 176 cm³/mol. The molecule has 262 valence electrons. The van der Waals surface area contributed by atoms with E-state index in [0.717, 1.165) is 45.6 Å². The number of fused-ring (bicyclic) bond motifs is 4. The summed E-state index contributed by atoms with van der Waals surface area (Å²) in [7, 11) is 1.68. The van der Waals surface area contributed by atoms with Crippen molar-refractivity contribution in [3.63, 3.8) is 0 Å². The van der Waals surface area contributed by atoms with Gasteiger partial charge in [0.1, 0.15) is 6.10 Å². The maximum Gasteiger partial charge on any atom is 0.170 e. The van der Waals surface area contributed by atoms with Gasteiger partial charge < -0.3 is 34.5 Å². The molecular weight excluding hydrogens is 580 g/mol. The Bertz CT molecular complexity index is 1190. The third-order valence-electron chi connectivity index (χ3n) is 16.7. The quantitative estimate of drug-likeness (QED) is 0.387. The Morgan fingerprint density at radius 1 is 1.00 bits per heavy atom. The number of morpholine rings is 1. The second-order valence-electron chi connectivity index (χ2n) is 19.1.